The molecule has 1 saturated heterocycles. The van der Waals surface area contributed by atoms with Gasteiger partial charge in [0.25, 0.3) is 0 Å². The first kappa shape index (κ1) is 15.0. The molecule has 0 spiro atoms. The Hall–Kier alpha value is -1.10. The third-order valence-electron chi connectivity index (χ3n) is 3.06. The lowest BCUT2D eigenvalue weighted by Crippen LogP contribution is -2.43. The molecule has 1 amide bonds. The van der Waals surface area contributed by atoms with Gasteiger partial charge in [-0.1, -0.05) is 0 Å². The van der Waals surface area contributed by atoms with Crippen LogP contribution in [0.1, 0.15) is 40.0 Å². The van der Waals surface area contributed by atoms with Gasteiger partial charge in [-0.05, 0) is 53.6 Å². The molecule has 1 heterocycles. The maximum absolute atomic E-state index is 11.6. The highest BCUT2D eigenvalue weighted by Crippen LogP contribution is 2.19. The van der Waals surface area contributed by atoms with Crippen LogP contribution in [0.25, 0.3) is 0 Å². The number of alkyl carbamates (subject to hydrolysis) is 1. The molecule has 0 aromatic rings. The van der Waals surface area contributed by atoms with E-state index in [0.717, 1.165) is 25.7 Å². The first-order chi connectivity index (χ1) is 8.31. The average molecular weight is 256 g/mol. The zero-order chi connectivity index (χ0) is 13.8. The van der Waals surface area contributed by atoms with Gasteiger partial charge in [-0.25, -0.2) is 4.79 Å². The first-order valence-corrected chi connectivity index (χ1v) is 6.47. The summed E-state index contributed by atoms with van der Waals surface area (Å²) in [4.78, 5) is 24.8. The fourth-order valence-corrected chi connectivity index (χ4v) is 2.18. The van der Waals surface area contributed by atoms with Gasteiger partial charge in [0, 0.05) is 6.04 Å². The highest BCUT2D eigenvalue weighted by molar-refractivity contribution is 5.73. The fourth-order valence-electron chi connectivity index (χ4n) is 2.18. The Kier molecular flexibility index (Phi) is 5.14. The summed E-state index contributed by atoms with van der Waals surface area (Å²) in [5, 5.41) is 2.61. The van der Waals surface area contributed by atoms with Gasteiger partial charge >= 0.3 is 6.09 Å². The molecule has 18 heavy (non-hydrogen) atoms. The van der Waals surface area contributed by atoms with Gasteiger partial charge in [-0.2, -0.15) is 0 Å². The molecule has 1 N–H and O–H groups in total. The van der Waals surface area contributed by atoms with Crippen molar-refractivity contribution in [1.29, 1.82) is 0 Å². The number of carbonyl (C=O) groups is 2. The molecule has 1 aliphatic rings. The molecule has 0 aromatic heterocycles. The van der Waals surface area contributed by atoms with Gasteiger partial charge in [0.1, 0.15) is 11.9 Å². The van der Waals surface area contributed by atoms with Crippen LogP contribution >= 0.6 is 0 Å². The Balaban J connectivity index is 2.42. The average Bonchev–Trinajstić information content (AvgIpc) is 2.60. The number of nitrogens with zero attached hydrogens (tertiary/aromatic N) is 1. The maximum Gasteiger partial charge on any atom is 0.408 e. The molecule has 104 valence electrons. The zero-order valence-corrected chi connectivity index (χ0v) is 11.7. The highest BCUT2D eigenvalue weighted by atomic mass is 16.6. The van der Waals surface area contributed by atoms with Crippen molar-refractivity contribution in [2.45, 2.75) is 57.7 Å². The second-order valence-electron chi connectivity index (χ2n) is 5.90. The smallest absolute Gasteiger partial charge is 0.408 e. The largest absolute Gasteiger partial charge is 0.444 e. The van der Waals surface area contributed by atoms with E-state index in [-0.39, 0.29) is 0 Å². The van der Waals surface area contributed by atoms with Crippen LogP contribution in [0.3, 0.4) is 0 Å². The van der Waals surface area contributed by atoms with Crippen molar-refractivity contribution < 1.29 is 14.3 Å². The molecule has 5 nitrogen and oxygen atoms in total. The summed E-state index contributed by atoms with van der Waals surface area (Å²) >= 11 is 0. The Morgan fingerprint density at radius 2 is 2.22 bits per heavy atom. The Morgan fingerprint density at radius 1 is 1.56 bits per heavy atom. The summed E-state index contributed by atoms with van der Waals surface area (Å²) in [6, 6.07) is -0.0967. The lowest BCUT2D eigenvalue weighted by Gasteiger charge is -2.25. The van der Waals surface area contributed by atoms with Crippen LogP contribution in [0.15, 0.2) is 0 Å². The number of aldehydes is 1. The number of hydrogen-bond donors (Lipinski definition) is 1. The van der Waals surface area contributed by atoms with E-state index in [1.54, 1.807) is 20.8 Å². The number of hydrogen-bond acceptors (Lipinski definition) is 4. The molecule has 0 aromatic carbocycles. The SMILES string of the molecule is CN1CCCC1CC(C=O)NC(=O)OC(C)(C)C. The minimum absolute atomic E-state index is 0.370. The van der Waals surface area contributed by atoms with Crippen LogP contribution in [0.5, 0.6) is 0 Å². The standard InChI is InChI=1S/C13H24N2O3/c1-13(2,3)18-12(17)14-10(9-16)8-11-6-5-7-15(11)4/h9-11H,5-8H2,1-4H3,(H,14,17). The monoisotopic (exact) mass is 256 g/mol. The molecule has 0 saturated carbocycles. The summed E-state index contributed by atoms with van der Waals surface area (Å²) in [5.74, 6) is 0. The topological polar surface area (TPSA) is 58.6 Å². The van der Waals surface area contributed by atoms with E-state index in [0.29, 0.717) is 12.5 Å². The summed E-state index contributed by atoms with van der Waals surface area (Å²) < 4.78 is 5.14. The molecule has 1 fully saturated rings. The van der Waals surface area contributed by atoms with E-state index < -0.39 is 17.7 Å². The van der Waals surface area contributed by atoms with Crippen LogP contribution in [0.2, 0.25) is 0 Å². The summed E-state index contributed by atoms with van der Waals surface area (Å²) in [6.45, 7) is 6.45. The molecule has 0 aliphatic carbocycles. The van der Waals surface area contributed by atoms with Crippen molar-refractivity contribution in [3.63, 3.8) is 0 Å². The maximum atomic E-state index is 11.6. The third kappa shape index (κ3) is 5.04. The highest BCUT2D eigenvalue weighted by Gasteiger charge is 2.26. The molecular formula is C13H24N2O3. The third-order valence-corrected chi connectivity index (χ3v) is 3.06. The van der Waals surface area contributed by atoms with Crippen molar-refractivity contribution in [1.82, 2.24) is 10.2 Å². The van der Waals surface area contributed by atoms with Gasteiger partial charge in [-0.15, -0.1) is 0 Å². The Morgan fingerprint density at radius 3 is 2.67 bits per heavy atom. The van der Waals surface area contributed by atoms with Gasteiger partial charge in [-0.3, -0.25) is 0 Å². The number of amides is 1. The van der Waals surface area contributed by atoms with Gasteiger partial charge in [0.2, 0.25) is 0 Å². The molecule has 5 heteroatoms. The minimum Gasteiger partial charge on any atom is -0.444 e. The normalized spacial score (nSPS) is 22.6. The van der Waals surface area contributed by atoms with E-state index in [2.05, 4.69) is 10.2 Å². The lowest BCUT2D eigenvalue weighted by molar-refractivity contribution is -0.110. The summed E-state index contributed by atoms with van der Waals surface area (Å²) in [7, 11) is 2.05. The number of likely N-dealkylation sites (tertiary alicyclic amines) is 1. The number of carbonyl (C=O) groups excluding carboxylic acids is 2. The summed E-state index contributed by atoms with van der Waals surface area (Å²) in [5.41, 5.74) is -0.540. The van der Waals surface area contributed by atoms with Crippen LogP contribution in [0, 0.1) is 0 Å². The van der Waals surface area contributed by atoms with E-state index in [1.165, 1.54) is 0 Å². The minimum atomic E-state index is -0.540. The van der Waals surface area contributed by atoms with E-state index in [4.69, 9.17) is 4.74 Å². The van der Waals surface area contributed by atoms with E-state index in [9.17, 15) is 9.59 Å². The molecule has 2 atom stereocenters. The predicted molar refractivity (Wildman–Crippen MR) is 69.5 cm³/mol. The zero-order valence-electron chi connectivity index (χ0n) is 11.7. The Bertz CT molecular complexity index is 299. The van der Waals surface area contributed by atoms with Crippen LogP contribution in [-0.4, -0.2) is 48.6 Å². The summed E-state index contributed by atoms with van der Waals surface area (Å²) in [6.07, 6.45) is 3.14. The van der Waals surface area contributed by atoms with Crippen molar-refractivity contribution in [3.8, 4) is 0 Å². The number of nitrogens with one attached hydrogen (secondary N) is 1. The molecule has 2 unspecified atom stereocenters. The predicted octanol–water partition coefficient (Wildman–Crippen LogP) is 1.56. The molecule has 1 rings (SSSR count). The van der Waals surface area contributed by atoms with Crippen molar-refractivity contribution in [2.75, 3.05) is 13.6 Å². The van der Waals surface area contributed by atoms with Gasteiger partial charge < -0.3 is 19.7 Å². The second kappa shape index (κ2) is 6.18. The quantitative estimate of drug-likeness (QED) is 0.776. The first-order valence-electron chi connectivity index (χ1n) is 6.47. The fraction of sp³-hybridized carbons (Fsp3) is 0.846. The van der Waals surface area contributed by atoms with Crippen molar-refractivity contribution >= 4 is 12.4 Å². The molecule has 0 bridgehead atoms. The number of ether oxygens (including phenoxy) is 1. The van der Waals surface area contributed by atoms with Crippen LogP contribution < -0.4 is 5.32 Å². The van der Waals surface area contributed by atoms with E-state index >= 15 is 0 Å². The van der Waals surface area contributed by atoms with E-state index in [1.807, 2.05) is 7.05 Å². The lowest BCUT2D eigenvalue weighted by atomic mass is 10.1. The molecule has 0 radical (unpaired) electrons. The van der Waals surface area contributed by atoms with Crippen LogP contribution in [-0.2, 0) is 9.53 Å². The van der Waals surface area contributed by atoms with Crippen molar-refractivity contribution in [2.24, 2.45) is 0 Å². The number of rotatable bonds is 4. The van der Waals surface area contributed by atoms with Crippen LogP contribution in [0.4, 0.5) is 4.79 Å². The second-order valence-corrected chi connectivity index (χ2v) is 5.90. The molecular weight excluding hydrogens is 232 g/mol. The molecule has 1 aliphatic heterocycles. The van der Waals surface area contributed by atoms with Crippen molar-refractivity contribution in [3.05, 3.63) is 0 Å². The Labute approximate surface area is 109 Å². The van der Waals surface area contributed by atoms with Gasteiger partial charge in [0.05, 0.1) is 6.04 Å². The van der Waals surface area contributed by atoms with Gasteiger partial charge in [0.15, 0.2) is 0 Å².